The third-order valence-corrected chi connectivity index (χ3v) is 5.57. The molecular formula is C24H33N3O2. The summed E-state index contributed by atoms with van der Waals surface area (Å²) >= 11 is 0. The van der Waals surface area contributed by atoms with Crippen molar-refractivity contribution < 1.29 is 9.94 Å². The third-order valence-electron chi connectivity index (χ3n) is 5.57. The predicted molar refractivity (Wildman–Crippen MR) is 117 cm³/mol. The standard InChI is InChI=1S/C24H33N3O2/c1-16(2)18-8-10-20(11-9-18)29-23-21(7-6-12-25-23)22(27-28)26-19-13-17(3)14-24(4,5)15-19/h6-12,16-17,19,28H,13-15H2,1-5H3,(H,26,27). The number of rotatable bonds is 5. The number of benzene rings is 1. The van der Waals surface area contributed by atoms with Crippen molar-refractivity contribution in [3.8, 4) is 11.6 Å². The lowest BCUT2D eigenvalue weighted by Gasteiger charge is -2.37. The zero-order valence-electron chi connectivity index (χ0n) is 18.1. The summed E-state index contributed by atoms with van der Waals surface area (Å²) in [6.07, 6.45) is 4.90. The Hall–Kier alpha value is -2.40. The summed E-state index contributed by atoms with van der Waals surface area (Å²) < 4.78 is 6.04. The minimum Gasteiger partial charge on any atom is -0.438 e. The molecule has 1 aromatic heterocycles. The molecule has 1 aliphatic carbocycles. The summed E-state index contributed by atoms with van der Waals surface area (Å²) in [7, 11) is 0. The average Bonchev–Trinajstić information content (AvgIpc) is 2.65. The SMILES string of the molecule is CC1CC(N=C(NO)c2cccnc2Oc2ccc(C(C)C)cc2)CC(C)(C)C1. The summed E-state index contributed by atoms with van der Waals surface area (Å²) in [5.74, 6) is 2.61. The van der Waals surface area contributed by atoms with Crippen molar-refractivity contribution in [2.45, 2.75) is 65.8 Å². The molecule has 0 amide bonds. The highest BCUT2D eigenvalue weighted by molar-refractivity contribution is 6.00. The van der Waals surface area contributed by atoms with Crippen molar-refractivity contribution >= 4 is 5.84 Å². The highest BCUT2D eigenvalue weighted by atomic mass is 16.5. The molecule has 2 atom stereocenters. The van der Waals surface area contributed by atoms with Gasteiger partial charge in [-0.25, -0.2) is 4.98 Å². The lowest BCUT2D eigenvalue weighted by molar-refractivity contribution is 0.169. The molecule has 1 fully saturated rings. The molecular weight excluding hydrogens is 362 g/mol. The van der Waals surface area contributed by atoms with E-state index in [0.29, 0.717) is 34.9 Å². The predicted octanol–water partition coefficient (Wildman–Crippen LogP) is 5.94. The maximum absolute atomic E-state index is 9.83. The molecule has 5 nitrogen and oxygen atoms in total. The van der Waals surface area contributed by atoms with Gasteiger partial charge in [-0.05, 0) is 66.3 Å². The Morgan fingerprint density at radius 1 is 1.21 bits per heavy atom. The largest absolute Gasteiger partial charge is 0.438 e. The molecule has 1 aliphatic rings. The van der Waals surface area contributed by atoms with Crippen LogP contribution in [0, 0.1) is 11.3 Å². The number of pyridine rings is 1. The second kappa shape index (κ2) is 8.95. The zero-order chi connectivity index (χ0) is 21.0. The van der Waals surface area contributed by atoms with E-state index in [9.17, 15) is 5.21 Å². The number of hydrogen-bond acceptors (Lipinski definition) is 4. The van der Waals surface area contributed by atoms with Crippen LogP contribution in [0.25, 0.3) is 0 Å². The van der Waals surface area contributed by atoms with Gasteiger partial charge in [-0.2, -0.15) is 0 Å². The molecule has 0 bridgehead atoms. The van der Waals surface area contributed by atoms with E-state index >= 15 is 0 Å². The summed E-state index contributed by atoms with van der Waals surface area (Å²) in [5, 5.41) is 9.83. The number of nitrogens with one attached hydrogen (secondary N) is 1. The Morgan fingerprint density at radius 2 is 1.93 bits per heavy atom. The van der Waals surface area contributed by atoms with Crippen LogP contribution in [0.1, 0.15) is 70.9 Å². The topological polar surface area (TPSA) is 66.7 Å². The number of hydroxylamine groups is 1. The first-order valence-corrected chi connectivity index (χ1v) is 10.5. The molecule has 0 radical (unpaired) electrons. The molecule has 2 N–H and O–H groups in total. The average molecular weight is 396 g/mol. The van der Waals surface area contributed by atoms with Crippen molar-refractivity contribution in [1.29, 1.82) is 0 Å². The van der Waals surface area contributed by atoms with Gasteiger partial charge in [0.05, 0.1) is 11.6 Å². The lowest BCUT2D eigenvalue weighted by atomic mass is 9.71. The van der Waals surface area contributed by atoms with E-state index in [1.807, 2.05) is 24.3 Å². The van der Waals surface area contributed by atoms with Gasteiger partial charge in [-0.15, -0.1) is 0 Å². The van der Waals surface area contributed by atoms with Crippen LogP contribution in [0.4, 0.5) is 0 Å². The fourth-order valence-electron chi connectivity index (χ4n) is 4.42. The number of nitrogens with zero attached hydrogens (tertiary/aromatic N) is 2. The minimum atomic E-state index is 0.154. The Bertz CT molecular complexity index is 843. The van der Waals surface area contributed by atoms with E-state index in [4.69, 9.17) is 9.73 Å². The molecule has 1 saturated carbocycles. The maximum atomic E-state index is 9.83. The highest BCUT2D eigenvalue weighted by Gasteiger charge is 2.32. The number of aromatic nitrogens is 1. The van der Waals surface area contributed by atoms with Crippen LogP contribution in [0.5, 0.6) is 11.6 Å². The van der Waals surface area contributed by atoms with Gasteiger partial charge in [0, 0.05) is 6.20 Å². The summed E-state index contributed by atoms with van der Waals surface area (Å²) in [5.41, 5.74) is 4.45. The Kier molecular flexibility index (Phi) is 6.58. The summed E-state index contributed by atoms with van der Waals surface area (Å²) in [6, 6.07) is 11.9. The number of aliphatic imine (C=N–C) groups is 1. The number of ether oxygens (including phenoxy) is 1. The molecule has 0 spiro atoms. The van der Waals surface area contributed by atoms with Gasteiger partial charge in [0.15, 0.2) is 5.84 Å². The van der Waals surface area contributed by atoms with Gasteiger partial charge < -0.3 is 4.74 Å². The van der Waals surface area contributed by atoms with Crippen molar-refractivity contribution in [3.05, 3.63) is 53.7 Å². The Labute approximate surface area is 174 Å². The van der Waals surface area contributed by atoms with Crippen molar-refractivity contribution in [2.75, 3.05) is 0 Å². The quantitative estimate of drug-likeness (QED) is 0.374. The van der Waals surface area contributed by atoms with Crippen LogP contribution in [-0.4, -0.2) is 22.1 Å². The molecule has 1 heterocycles. The first-order chi connectivity index (χ1) is 13.8. The molecule has 3 rings (SSSR count). The summed E-state index contributed by atoms with van der Waals surface area (Å²) in [6.45, 7) is 11.2. The van der Waals surface area contributed by atoms with E-state index < -0.39 is 0 Å². The molecule has 29 heavy (non-hydrogen) atoms. The molecule has 2 unspecified atom stereocenters. The summed E-state index contributed by atoms with van der Waals surface area (Å²) in [4.78, 5) is 9.23. The first kappa shape index (κ1) is 21.3. The molecule has 1 aromatic carbocycles. The van der Waals surface area contributed by atoms with E-state index in [1.54, 1.807) is 6.20 Å². The van der Waals surface area contributed by atoms with Gasteiger partial charge >= 0.3 is 0 Å². The monoisotopic (exact) mass is 395 g/mol. The van der Waals surface area contributed by atoms with Crippen molar-refractivity contribution in [1.82, 2.24) is 10.5 Å². The van der Waals surface area contributed by atoms with Crippen LogP contribution < -0.4 is 10.2 Å². The Morgan fingerprint density at radius 3 is 2.55 bits per heavy atom. The van der Waals surface area contributed by atoms with Crippen LogP contribution in [-0.2, 0) is 0 Å². The second-order valence-corrected chi connectivity index (χ2v) is 9.34. The Balaban J connectivity index is 1.85. The smallest absolute Gasteiger partial charge is 0.230 e. The number of amidine groups is 1. The molecule has 2 aromatic rings. The van der Waals surface area contributed by atoms with Gasteiger partial charge in [-0.1, -0.05) is 46.8 Å². The van der Waals surface area contributed by atoms with Crippen molar-refractivity contribution in [3.63, 3.8) is 0 Å². The maximum Gasteiger partial charge on any atom is 0.230 e. The van der Waals surface area contributed by atoms with Crippen LogP contribution in [0.15, 0.2) is 47.6 Å². The third kappa shape index (κ3) is 5.57. The van der Waals surface area contributed by atoms with Crippen LogP contribution in [0.2, 0.25) is 0 Å². The van der Waals surface area contributed by atoms with E-state index in [2.05, 4.69) is 57.2 Å². The van der Waals surface area contributed by atoms with Gasteiger partial charge in [0.2, 0.25) is 5.88 Å². The van der Waals surface area contributed by atoms with E-state index in [1.165, 1.54) is 12.0 Å². The minimum absolute atomic E-state index is 0.154. The second-order valence-electron chi connectivity index (χ2n) is 9.34. The van der Waals surface area contributed by atoms with Crippen molar-refractivity contribution in [2.24, 2.45) is 16.3 Å². The van der Waals surface area contributed by atoms with E-state index in [-0.39, 0.29) is 11.5 Å². The van der Waals surface area contributed by atoms with Crippen LogP contribution >= 0.6 is 0 Å². The molecule has 0 saturated heterocycles. The molecule has 0 aliphatic heterocycles. The van der Waals surface area contributed by atoms with Gasteiger partial charge in [0.1, 0.15) is 5.75 Å². The fourth-order valence-corrected chi connectivity index (χ4v) is 4.42. The van der Waals surface area contributed by atoms with Gasteiger partial charge in [0.25, 0.3) is 0 Å². The number of hydrogen-bond donors (Lipinski definition) is 2. The normalized spacial score (nSPS) is 21.8. The highest BCUT2D eigenvalue weighted by Crippen LogP contribution is 2.40. The first-order valence-electron chi connectivity index (χ1n) is 10.5. The van der Waals surface area contributed by atoms with Crippen LogP contribution in [0.3, 0.4) is 0 Å². The molecule has 5 heteroatoms. The lowest BCUT2D eigenvalue weighted by Crippen LogP contribution is -2.32. The zero-order valence-corrected chi connectivity index (χ0v) is 18.1. The van der Waals surface area contributed by atoms with Gasteiger partial charge in [-0.3, -0.25) is 15.7 Å². The van der Waals surface area contributed by atoms with E-state index in [0.717, 1.165) is 12.8 Å². The molecule has 156 valence electrons. The fraction of sp³-hybridized carbons (Fsp3) is 0.500.